The zero-order valence-electron chi connectivity index (χ0n) is 11.8. The molecule has 2 aromatic carbocycles. The molecule has 0 saturated carbocycles. The number of nitrogens with zero attached hydrogens (tertiary/aromatic N) is 1. The smallest absolute Gasteiger partial charge is 0.139 e. The lowest BCUT2D eigenvalue weighted by atomic mass is 10.0. The minimum absolute atomic E-state index is 0.203. The average Bonchev–Trinajstić information content (AvgIpc) is 2.53. The maximum absolute atomic E-state index is 13.0. The second-order valence-corrected chi connectivity index (χ2v) is 4.80. The summed E-state index contributed by atoms with van der Waals surface area (Å²) >= 11 is 0. The van der Waals surface area contributed by atoms with Gasteiger partial charge in [0, 0.05) is 6.04 Å². The Labute approximate surface area is 123 Å². The average molecular weight is 284 g/mol. The first-order chi connectivity index (χ1) is 10.1. The summed E-state index contributed by atoms with van der Waals surface area (Å²) in [7, 11) is 0. The summed E-state index contributed by atoms with van der Waals surface area (Å²) in [6.45, 7) is 1.98. The van der Waals surface area contributed by atoms with E-state index in [2.05, 4.69) is 6.07 Å². The van der Waals surface area contributed by atoms with Crippen molar-refractivity contribution in [2.75, 3.05) is 0 Å². The van der Waals surface area contributed by atoms with Crippen LogP contribution in [0.2, 0.25) is 0 Å². The molecule has 2 atom stereocenters. The lowest BCUT2D eigenvalue weighted by Crippen LogP contribution is -2.31. The summed E-state index contributed by atoms with van der Waals surface area (Å²) in [6.07, 6.45) is 0.377. The summed E-state index contributed by atoms with van der Waals surface area (Å²) in [4.78, 5) is 0. The van der Waals surface area contributed by atoms with E-state index in [0.717, 1.165) is 12.0 Å². The van der Waals surface area contributed by atoms with Gasteiger partial charge in [-0.05, 0) is 48.4 Å². The molecular formula is C17H17FN2O. The molecule has 3 nitrogen and oxygen atoms in total. The molecule has 2 rings (SSSR count). The standard InChI is InChI=1S/C17H17FN2O/c1-2-16(20)17(13-5-7-14(18)8-6-13)21-15-9-3-12(11-19)4-10-15/h3-10,16-17H,2,20H2,1H3. The molecule has 0 aliphatic carbocycles. The predicted octanol–water partition coefficient (Wildman–Crippen LogP) is 3.55. The van der Waals surface area contributed by atoms with E-state index in [1.165, 1.54) is 12.1 Å². The molecule has 0 heterocycles. The molecule has 0 spiro atoms. The van der Waals surface area contributed by atoms with Gasteiger partial charge in [-0.15, -0.1) is 0 Å². The molecular weight excluding hydrogens is 267 g/mol. The van der Waals surface area contributed by atoms with Gasteiger partial charge in [0.15, 0.2) is 0 Å². The van der Waals surface area contributed by atoms with E-state index in [-0.39, 0.29) is 18.0 Å². The number of hydrogen-bond donors (Lipinski definition) is 1. The number of hydrogen-bond acceptors (Lipinski definition) is 3. The highest BCUT2D eigenvalue weighted by molar-refractivity contribution is 5.35. The normalized spacial score (nSPS) is 13.2. The predicted molar refractivity (Wildman–Crippen MR) is 79.2 cm³/mol. The van der Waals surface area contributed by atoms with Crippen molar-refractivity contribution in [1.29, 1.82) is 5.26 Å². The Morgan fingerprint density at radius 1 is 1.14 bits per heavy atom. The summed E-state index contributed by atoms with van der Waals surface area (Å²) in [5.74, 6) is 0.341. The van der Waals surface area contributed by atoms with Gasteiger partial charge in [-0.1, -0.05) is 19.1 Å². The van der Waals surface area contributed by atoms with Crippen LogP contribution in [0.25, 0.3) is 0 Å². The Hall–Kier alpha value is -2.38. The minimum atomic E-state index is -0.358. The van der Waals surface area contributed by atoms with Crippen molar-refractivity contribution in [1.82, 2.24) is 0 Å². The third kappa shape index (κ3) is 3.80. The quantitative estimate of drug-likeness (QED) is 0.913. The van der Waals surface area contributed by atoms with Gasteiger partial charge in [-0.25, -0.2) is 4.39 Å². The van der Waals surface area contributed by atoms with Crippen molar-refractivity contribution in [3.63, 3.8) is 0 Å². The summed E-state index contributed by atoms with van der Waals surface area (Å²) in [6, 6.07) is 14.9. The molecule has 0 radical (unpaired) electrons. The van der Waals surface area contributed by atoms with Crippen LogP contribution in [0, 0.1) is 17.1 Å². The van der Waals surface area contributed by atoms with Crippen LogP contribution in [0.1, 0.15) is 30.6 Å². The lowest BCUT2D eigenvalue weighted by molar-refractivity contribution is 0.171. The molecule has 21 heavy (non-hydrogen) atoms. The van der Waals surface area contributed by atoms with E-state index in [1.54, 1.807) is 36.4 Å². The van der Waals surface area contributed by atoms with Crippen LogP contribution in [0.3, 0.4) is 0 Å². The van der Waals surface area contributed by atoms with Gasteiger partial charge < -0.3 is 10.5 Å². The molecule has 108 valence electrons. The summed E-state index contributed by atoms with van der Waals surface area (Å²) < 4.78 is 19.0. The van der Waals surface area contributed by atoms with Gasteiger partial charge in [0.1, 0.15) is 17.7 Å². The fourth-order valence-electron chi connectivity index (χ4n) is 2.02. The second-order valence-electron chi connectivity index (χ2n) is 4.80. The third-order valence-electron chi connectivity index (χ3n) is 3.31. The Morgan fingerprint density at radius 3 is 2.29 bits per heavy atom. The Bertz CT molecular complexity index is 617. The maximum atomic E-state index is 13.0. The van der Waals surface area contributed by atoms with Crippen LogP contribution in [0.5, 0.6) is 5.75 Å². The first-order valence-electron chi connectivity index (χ1n) is 6.82. The van der Waals surface area contributed by atoms with Gasteiger partial charge in [0.2, 0.25) is 0 Å². The molecule has 2 unspecified atom stereocenters. The Balaban J connectivity index is 2.23. The van der Waals surface area contributed by atoms with E-state index in [4.69, 9.17) is 15.7 Å². The highest BCUT2D eigenvalue weighted by Crippen LogP contribution is 2.26. The molecule has 0 fully saturated rings. The number of nitriles is 1. The summed E-state index contributed by atoms with van der Waals surface area (Å²) in [5.41, 5.74) is 7.52. The summed E-state index contributed by atoms with van der Waals surface area (Å²) in [5, 5.41) is 8.79. The van der Waals surface area contributed by atoms with Crippen molar-refractivity contribution < 1.29 is 9.13 Å². The zero-order chi connectivity index (χ0) is 15.2. The Kier molecular flexibility index (Phi) is 4.91. The molecule has 0 aliphatic heterocycles. The molecule has 0 aromatic heterocycles. The fraction of sp³-hybridized carbons (Fsp3) is 0.235. The Morgan fingerprint density at radius 2 is 1.76 bits per heavy atom. The largest absolute Gasteiger partial charge is 0.484 e. The number of benzene rings is 2. The number of ether oxygens (including phenoxy) is 1. The van der Waals surface area contributed by atoms with E-state index in [1.807, 2.05) is 6.92 Å². The van der Waals surface area contributed by atoms with E-state index in [0.29, 0.717) is 11.3 Å². The number of halogens is 1. The van der Waals surface area contributed by atoms with Crippen LogP contribution >= 0.6 is 0 Å². The van der Waals surface area contributed by atoms with Gasteiger partial charge in [0.05, 0.1) is 11.6 Å². The second kappa shape index (κ2) is 6.87. The van der Waals surface area contributed by atoms with Gasteiger partial charge in [-0.2, -0.15) is 5.26 Å². The fourth-order valence-corrected chi connectivity index (χ4v) is 2.02. The van der Waals surface area contributed by atoms with E-state index in [9.17, 15) is 4.39 Å². The van der Waals surface area contributed by atoms with Crippen molar-refractivity contribution in [2.24, 2.45) is 5.73 Å². The third-order valence-corrected chi connectivity index (χ3v) is 3.31. The first kappa shape index (κ1) is 15.0. The van der Waals surface area contributed by atoms with Crippen LogP contribution < -0.4 is 10.5 Å². The number of rotatable bonds is 5. The molecule has 2 N–H and O–H groups in total. The van der Waals surface area contributed by atoms with Gasteiger partial charge >= 0.3 is 0 Å². The van der Waals surface area contributed by atoms with Crippen molar-refractivity contribution in [3.8, 4) is 11.8 Å². The van der Waals surface area contributed by atoms with Crippen LogP contribution in [-0.4, -0.2) is 6.04 Å². The molecule has 0 amide bonds. The molecule has 4 heteroatoms. The van der Waals surface area contributed by atoms with E-state index >= 15 is 0 Å². The molecule has 0 bridgehead atoms. The van der Waals surface area contributed by atoms with Gasteiger partial charge in [-0.3, -0.25) is 0 Å². The number of nitrogens with two attached hydrogens (primary N) is 1. The molecule has 0 aliphatic rings. The molecule has 2 aromatic rings. The lowest BCUT2D eigenvalue weighted by Gasteiger charge is -2.24. The van der Waals surface area contributed by atoms with Crippen LogP contribution in [-0.2, 0) is 0 Å². The highest BCUT2D eigenvalue weighted by atomic mass is 19.1. The van der Waals surface area contributed by atoms with Crippen molar-refractivity contribution in [2.45, 2.75) is 25.5 Å². The van der Waals surface area contributed by atoms with Crippen LogP contribution in [0.15, 0.2) is 48.5 Å². The zero-order valence-corrected chi connectivity index (χ0v) is 11.8. The minimum Gasteiger partial charge on any atom is -0.484 e. The van der Waals surface area contributed by atoms with Crippen molar-refractivity contribution >= 4 is 0 Å². The SMILES string of the molecule is CCC(N)C(Oc1ccc(C#N)cc1)c1ccc(F)cc1. The first-order valence-corrected chi connectivity index (χ1v) is 6.82. The maximum Gasteiger partial charge on any atom is 0.139 e. The van der Waals surface area contributed by atoms with Crippen molar-refractivity contribution in [3.05, 3.63) is 65.5 Å². The highest BCUT2D eigenvalue weighted by Gasteiger charge is 2.20. The topological polar surface area (TPSA) is 59.0 Å². The molecule has 0 saturated heterocycles. The monoisotopic (exact) mass is 284 g/mol. The van der Waals surface area contributed by atoms with Crippen LogP contribution in [0.4, 0.5) is 4.39 Å². The van der Waals surface area contributed by atoms with Gasteiger partial charge in [0.25, 0.3) is 0 Å². The van der Waals surface area contributed by atoms with E-state index < -0.39 is 0 Å².